The molecule has 0 spiro atoms. The molecule has 0 saturated carbocycles. The standard InChI is InChI=1S/C22H29BrN4O3/c1-7-27(6)14-24-19-12-18(23)20(25-15(19)2)29-13-16-9-8-10-17(11-16)26-21(28)30-22(3,4)5/h8-12,14H,7,13H2,1-6H3,(H,26,28). The molecule has 162 valence electrons. The second-order valence-electron chi connectivity index (χ2n) is 7.81. The first-order chi connectivity index (χ1) is 14.1. The number of aromatic nitrogens is 1. The van der Waals surface area contributed by atoms with Gasteiger partial charge in [-0.2, -0.15) is 0 Å². The van der Waals surface area contributed by atoms with Crippen molar-refractivity contribution in [3.05, 3.63) is 46.1 Å². The van der Waals surface area contributed by atoms with Crippen molar-refractivity contribution in [1.29, 1.82) is 0 Å². The molecule has 0 aliphatic heterocycles. The zero-order valence-electron chi connectivity index (χ0n) is 18.3. The van der Waals surface area contributed by atoms with Gasteiger partial charge in [0.1, 0.15) is 12.2 Å². The first kappa shape index (κ1) is 23.7. The molecule has 0 atom stereocenters. The van der Waals surface area contributed by atoms with Gasteiger partial charge in [-0.15, -0.1) is 0 Å². The van der Waals surface area contributed by atoms with Crippen molar-refractivity contribution >= 4 is 39.7 Å². The number of rotatable bonds is 7. The average molecular weight is 477 g/mol. The molecule has 0 aliphatic carbocycles. The molecule has 30 heavy (non-hydrogen) atoms. The molecular formula is C22H29BrN4O3. The molecule has 8 heteroatoms. The van der Waals surface area contributed by atoms with Crippen LogP contribution in [0, 0.1) is 6.92 Å². The Balaban J connectivity index is 2.04. The number of amides is 1. The molecule has 7 nitrogen and oxygen atoms in total. The van der Waals surface area contributed by atoms with Gasteiger partial charge in [-0.05, 0) is 74.3 Å². The summed E-state index contributed by atoms with van der Waals surface area (Å²) in [5, 5.41) is 2.73. The maximum atomic E-state index is 12.0. The molecule has 0 bridgehead atoms. The fourth-order valence-corrected chi connectivity index (χ4v) is 2.76. The van der Waals surface area contributed by atoms with Crippen LogP contribution in [0.3, 0.4) is 0 Å². The van der Waals surface area contributed by atoms with Gasteiger partial charge in [0.05, 0.1) is 22.2 Å². The fraction of sp³-hybridized carbons (Fsp3) is 0.409. The Kier molecular flexibility index (Phi) is 8.23. The van der Waals surface area contributed by atoms with E-state index >= 15 is 0 Å². The Morgan fingerprint density at radius 3 is 2.73 bits per heavy atom. The monoisotopic (exact) mass is 476 g/mol. The van der Waals surface area contributed by atoms with Gasteiger partial charge in [0.25, 0.3) is 0 Å². The van der Waals surface area contributed by atoms with Crippen molar-refractivity contribution in [2.45, 2.75) is 46.8 Å². The third kappa shape index (κ3) is 7.67. The summed E-state index contributed by atoms with van der Waals surface area (Å²) in [5.41, 5.74) is 2.52. The lowest BCUT2D eigenvalue weighted by Crippen LogP contribution is -2.27. The van der Waals surface area contributed by atoms with Crippen LogP contribution in [-0.2, 0) is 11.3 Å². The van der Waals surface area contributed by atoms with Gasteiger partial charge in [-0.1, -0.05) is 12.1 Å². The van der Waals surface area contributed by atoms with Gasteiger partial charge in [-0.3, -0.25) is 5.32 Å². The molecule has 0 aliphatic rings. The van der Waals surface area contributed by atoms with Crippen molar-refractivity contribution in [2.24, 2.45) is 4.99 Å². The number of hydrogen-bond donors (Lipinski definition) is 1. The zero-order valence-corrected chi connectivity index (χ0v) is 19.9. The van der Waals surface area contributed by atoms with Gasteiger partial charge < -0.3 is 14.4 Å². The largest absolute Gasteiger partial charge is 0.472 e. The number of benzene rings is 1. The van der Waals surface area contributed by atoms with Crippen LogP contribution in [0.4, 0.5) is 16.2 Å². The van der Waals surface area contributed by atoms with Crippen LogP contribution in [0.2, 0.25) is 0 Å². The molecule has 1 heterocycles. The van der Waals surface area contributed by atoms with Gasteiger partial charge in [-0.25, -0.2) is 14.8 Å². The molecule has 1 aromatic carbocycles. The number of nitrogens with one attached hydrogen (secondary N) is 1. The number of aryl methyl sites for hydroxylation is 1. The van der Waals surface area contributed by atoms with E-state index in [0.717, 1.165) is 28.0 Å². The number of carbonyl (C=O) groups is 1. The van der Waals surface area contributed by atoms with E-state index in [-0.39, 0.29) is 0 Å². The Morgan fingerprint density at radius 1 is 1.33 bits per heavy atom. The minimum Gasteiger partial charge on any atom is -0.472 e. The van der Waals surface area contributed by atoms with E-state index in [1.54, 1.807) is 12.4 Å². The Bertz CT molecular complexity index is 910. The van der Waals surface area contributed by atoms with Crippen LogP contribution < -0.4 is 10.1 Å². The highest BCUT2D eigenvalue weighted by atomic mass is 79.9. The van der Waals surface area contributed by atoms with Gasteiger partial charge in [0, 0.05) is 19.3 Å². The summed E-state index contributed by atoms with van der Waals surface area (Å²) in [6.07, 6.45) is 1.28. The first-order valence-electron chi connectivity index (χ1n) is 9.70. The smallest absolute Gasteiger partial charge is 0.412 e. The number of halogens is 1. The van der Waals surface area contributed by atoms with Crippen LogP contribution in [0.1, 0.15) is 39.0 Å². The summed E-state index contributed by atoms with van der Waals surface area (Å²) in [5.74, 6) is 0.487. The zero-order chi connectivity index (χ0) is 22.3. The lowest BCUT2D eigenvalue weighted by Gasteiger charge is -2.19. The Hall–Kier alpha value is -2.61. The van der Waals surface area contributed by atoms with E-state index < -0.39 is 11.7 Å². The molecule has 0 fully saturated rings. The van der Waals surface area contributed by atoms with Crippen LogP contribution in [0.15, 0.2) is 39.8 Å². The van der Waals surface area contributed by atoms with E-state index in [2.05, 4.69) is 38.1 Å². The van der Waals surface area contributed by atoms with Crippen LogP contribution in [-0.4, -0.2) is 41.5 Å². The number of hydrogen-bond acceptors (Lipinski definition) is 5. The maximum absolute atomic E-state index is 12.0. The third-order valence-corrected chi connectivity index (χ3v) is 4.52. The number of carbonyl (C=O) groups excluding carboxylic acids is 1. The van der Waals surface area contributed by atoms with E-state index in [1.165, 1.54) is 0 Å². The minimum absolute atomic E-state index is 0.302. The van der Waals surface area contributed by atoms with E-state index in [0.29, 0.717) is 18.2 Å². The minimum atomic E-state index is -0.553. The highest BCUT2D eigenvalue weighted by molar-refractivity contribution is 9.10. The van der Waals surface area contributed by atoms with E-state index in [4.69, 9.17) is 9.47 Å². The normalized spacial score (nSPS) is 11.4. The number of nitrogens with zero attached hydrogens (tertiary/aromatic N) is 3. The van der Waals surface area contributed by atoms with Crippen LogP contribution in [0.25, 0.3) is 0 Å². The predicted molar refractivity (Wildman–Crippen MR) is 124 cm³/mol. The summed E-state index contributed by atoms with van der Waals surface area (Å²) in [6, 6.07) is 9.29. The second-order valence-corrected chi connectivity index (χ2v) is 8.67. The summed E-state index contributed by atoms with van der Waals surface area (Å²) >= 11 is 3.51. The third-order valence-electron chi connectivity index (χ3n) is 3.95. The maximum Gasteiger partial charge on any atom is 0.412 e. The molecule has 0 unspecified atom stereocenters. The highest BCUT2D eigenvalue weighted by Crippen LogP contribution is 2.30. The molecule has 0 saturated heterocycles. The molecule has 2 aromatic rings. The lowest BCUT2D eigenvalue weighted by atomic mass is 10.2. The number of pyridine rings is 1. The molecule has 1 aromatic heterocycles. The lowest BCUT2D eigenvalue weighted by molar-refractivity contribution is 0.0636. The molecule has 0 radical (unpaired) electrons. The number of aliphatic imine (C=N–C) groups is 1. The fourth-order valence-electron chi connectivity index (χ4n) is 2.34. The number of anilines is 1. The van der Waals surface area contributed by atoms with Gasteiger partial charge in [0.2, 0.25) is 5.88 Å². The van der Waals surface area contributed by atoms with E-state index in [9.17, 15) is 4.79 Å². The molecule has 2 rings (SSSR count). The summed E-state index contributed by atoms with van der Waals surface area (Å²) in [6.45, 7) is 10.6. The highest BCUT2D eigenvalue weighted by Gasteiger charge is 2.16. The molecule has 1 amide bonds. The Morgan fingerprint density at radius 2 is 2.07 bits per heavy atom. The predicted octanol–water partition coefficient (Wildman–Crippen LogP) is 5.69. The molecular weight excluding hydrogens is 448 g/mol. The average Bonchev–Trinajstić information content (AvgIpc) is 2.65. The van der Waals surface area contributed by atoms with E-state index in [1.807, 2.05) is 63.9 Å². The summed E-state index contributed by atoms with van der Waals surface area (Å²) < 4.78 is 11.9. The molecule has 1 N–H and O–H groups in total. The van der Waals surface area contributed by atoms with Gasteiger partial charge in [0.15, 0.2) is 0 Å². The van der Waals surface area contributed by atoms with Gasteiger partial charge >= 0.3 is 6.09 Å². The van der Waals surface area contributed by atoms with Crippen molar-refractivity contribution in [2.75, 3.05) is 18.9 Å². The topological polar surface area (TPSA) is 76.0 Å². The quantitative estimate of drug-likeness (QED) is 0.410. The van der Waals surface area contributed by atoms with Crippen LogP contribution >= 0.6 is 15.9 Å². The summed E-state index contributed by atoms with van der Waals surface area (Å²) in [7, 11) is 1.96. The van der Waals surface area contributed by atoms with Crippen molar-refractivity contribution in [3.8, 4) is 5.88 Å². The van der Waals surface area contributed by atoms with Crippen molar-refractivity contribution in [1.82, 2.24) is 9.88 Å². The Labute approximate surface area is 186 Å². The van der Waals surface area contributed by atoms with Crippen molar-refractivity contribution < 1.29 is 14.3 Å². The van der Waals surface area contributed by atoms with Crippen LogP contribution in [0.5, 0.6) is 5.88 Å². The second kappa shape index (κ2) is 10.4. The van der Waals surface area contributed by atoms with Crippen molar-refractivity contribution in [3.63, 3.8) is 0 Å². The number of ether oxygens (including phenoxy) is 2. The summed E-state index contributed by atoms with van der Waals surface area (Å²) in [4.78, 5) is 22.9. The SMILES string of the molecule is CCN(C)C=Nc1cc(Br)c(OCc2cccc(NC(=O)OC(C)(C)C)c2)nc1C. The first-order valence-corrected chi connectivity index (χ1v) is 10.5.